The van der Waals surface area contributed by atoms with E-state index < -0.39 is 25.5 Å². The fourth-order valence-electron chi connectivity index (χ4n) is 1.48. The first-order valence-electron chi connectivity index (χ1n) is 5.42. The molecule has 0 aliphatic heterocycles. The van der Waals surface area contributed by atoms with E-state index in [4.69, 9.17) is 9.47 Å². The van der Waals surface area contributed by atoms with Gasteiger partial charge in [-0.05, 0) is 18.2 Å². The van der Waals surface area contributed by atoms with Crippen LogP contribution in [0.25, 0.3) is 0 Å². The Hall–Kier alpha value is -1.47. The molecule has 1 aromatic carbocycles. The molecule has 0 saturated carbocycles. The predicted molar refractivity (Wildman–Crippen MR) is 61.4 cm³/mol. The topological polar surface area (TPSA) is 47.9 Å². The average Bonchev–Trinajstić information content (AvgIpc) is 2.36. The lowest BCUT2D eigenvalue weighted by atomic mass is 10.1. The standard InChI is InChI=1S/C12H15F3O4/c1-17-8-3-4-11(18-2)9(5-8)10(16)6-19-7-12(13,14)15/h3-5,10,16H,6-7H2,1-2H3. The van der Waals surface area contributed by atoms with Gasteiger partial charge < -0.3 is 19.3 Å². The molecule has 1 atom stereocenters. The second-order valence-electron chi connectivity index (χ2n) is 3.75. The molecule has 0 amide bonds. The summed E-state index contributed by atoms with van der Waals surface area (Å²) in [6, 6.07) is 4.66. The second kappa shape index (κ2) is 6.63. The average molecular weight is 280 g/mol. The van der Waals surface area contributed by atoms with Crippen molar-refractivity contribution in [2.45, 2.75) is 12.3 Å². The maximum atomic E-state index is 11.9. The molecule has 0 radical (unpaired) electrons. The monoisotopic (exact) mass is 280 g/mol. The minimum Gasteiger partial charge on any atom is -0.497 e. The first-order chi connectivity index (χ1) is 8.87. The molecule has 1 aromatic rings. The Morgan fingerprint density at radius 1 is 1.21 bits per heavy atom. The van der Waals surface area contributed by atoms with Gasteiger partial charge in [-0.25, -0.2) is 0 Å². The Balaban J connectivity index is 2.72. The summed E-state index contributed by atoms with van der Waals surface area (Å²) in [5.41, 5.74) is 0.309. The van der Waals surface area contributed by atoms with Gasteiger partial charge in [0.15, 0.2) is 0 Å². The van der Waals surface area contributed by atoms with E-state index in [1.165, 1.54) is 20.3 Å². The first kappa shape index (κ1) is 15.6. The van der Waals surface area contributed by atoms with Crippen LogP contribution in [0.5, 0.6) is 11.5 Å². The molecule has 4 nitrogen and oxygen atoms in total. The van der Waals surface area contributed by atoms with Crippen LogP contribution in [0, 0.1) is 0 Å². The van der Waals surface area contributed by atoms with E-state index in [9.17, 15) is 18.3 Å². The third kappa shape index (κ3) is 4.96. The van der Waals surface area contributed by atoms with Gasteiger partial charge >= 0.3 is 6.18 Å². The maximum absolute atomic E-state index is 11.9. The number of aliphatic hydroxyl groups is 1. The van der Waals surface area contributed by atoms with Crippen LogP contribution >= 0.6 is 0 Å². The van der Waals surface area contributed by atoms with Crippen LogP contribution in [0.2, 0.25) is 0 Å². The summed E-state index contributed by atoms with van der Waals surface area (Å²) >= 11 is 0. The summed E-state index contributed by atoms with van der Waals surface area (Å²) in [6.45, 7) is -1.89. The third-order valence-corrected chi connectivity index (χ3v) is 2.34. The molecule has 1 N–H and O–H groups in total. The Labute approximate surface area is 108 Å². The van der Waals surface area contributed by atoms with Crippen molar-refractivity contribution >= 4 is 0 Å². The number of ether oxygens (including phenoxy) is 3. The number of aliphatic hydroxyl groups excluding tert-OH is 1. The quantitative estimate of drug-likeness (QED) is 0.868. The van der Waals surface area contributed by atoms with Crippen molar-refractivity contribution < 1.29 is 32.5 Å². The molecule has 0 aliphatic carbocycles. The van der Waals surface area contributed by atoms with Gasteiger partial charge in [-0.1, -0.05) is 0 Å². The molecule has 1 rings (SSSR count). The molecule has 19 heavy (non-hydrogen) atoms. The van der Waals surface area contributed by atoms with Crippen LogP contribution in [-0.4, -0.2) is 38.7 Å². The molecule has 0 spiro atoms. The smallest absolute Gasteiger partial charge is 0.411 e. The lowest BCUT2D eigenvalue weighted by molar-refractivity contribution is -0.179. The van der Waals surface area contributed by atoms with Crippen LogP contribution < -0.4 is 9.47 Å². The van der Waals surface area contributed by atoms with Crippen LogP contribution in [0.3, 0.4) is 0 Å². The summed E-state index contributed by atoms with van der Waals surface area (Å²) < 4.78 is 50.2. The van der Waals surface area contributed by atoms with Crippen LogP contribution in [0.15, 0.2) is 18.2 Å². The Morgan fingerprint density at radius 2 is 1.89 bits per heavy atom. The largest absolute Gasteiger partial charge is 0.497 e. The fourth-order valence-corrected chi connectivity index (χ4v) is 1.48. The van der Waals surface area contributed by atoms with E-state index in [1.54, 1.807) is 12.1 Å². The van der Waals surface area contributed by atoms with Crippen molar-refractivity contribution in [2.24, 2.45) is 0 Å². The van der Waals surface area contributed by atoms with E-state index in [0.29, 0.717) is 17.1 Å². The van der Waals surface area contributed by atoms with Crippen LogP contribution in [0.1, 0.15) is 11.7 Å². The van der Waals surface area contributed by atoms with Gasteiger partial charge in [-0.3, -0.25) is 0 Å². The molecule has 0 heterocycles. The number of halogens is 3. The maximum Gasteiger partial charge on any atom is 0.411 e. The molecule has 0 aliphatic rings. The highest BCUT2D eigenvalue weighted by Crippen LogP contribution is 2.29. The molecule has 108 valence electrons. The highest BCUT2D eigenvalue weighted by Gasteiger charge is 2.28. The molecule has 7 heteroatoms. The summed E-state index contributed by atoms with van der Waals surface area (Å²) in [5.74, 6) is 0.814. The fraction of sp³-hybridized carbons (Fsp3) is 0.500. The van der Waals surface area contributed by atoms with Crippen LogP contribution in [0.4, 0.5) is 13.2 Å². The van der Waals surface area contributed by atoms with Crippen molar-refractivity contribution in [1.82, 2.24) is 0 Å². The van der Waals surface area contributed by atoms with Gasteiger partial charge in [0.05, 0.1) is 20.8 Å². The van der Waals surface area contributed by atoms with Crippen molar-refractivity contribution in [3.8, 4) is 11.5 Å². The van der Waals surface area contributed by atoms with E-state index in [2.05, 4.69) is 4.74 Å². The van der Waals surface area contributed by atoms with E-state index >= 15 is 0 Å². The SMILES string of the molecule is COc1ccc(OC)c(C(O)COCC(F)(F)F)c1. The van der Waals surface area contributed by atoms with Gasteiger partial charge in [-0.2, -0.15) is 13.2 Å². The van der Waals surface area contributed by atoms with Gasteiger partial charge in [-0.15, -0.1) is 0 Å². The molecule has 1 unspecified atom stereocenters. The van der Waals surface area contributed by atoms with Gasteiger partial charge in [0.1, 0.15) is 24.2 Å². The predicted octanol–water partition coefficient (Wildman–Crippen LogP) is 2.32. The highest BCUT2D eigenvalue weighted by atomic mass is 19.4. The van der Waals surface area contributed by atoms with Crippen molar-refractivity contribution in [3.63, 3.8) is 0 Å². The van der Waals surface area contributed by atoms with Gasteiger partial charge in [0.25, 0.3) is 0 Å². The molecule has 0 saturated heterocycles. The number of benzene rings is 1. The summed E-state index contributed by atoms with van der Waals surface area (Å²) in [5, 5.41) is 9.82. The molecule has 0 aromatic heterocycles. The minimum absolute atomic E-state index is 0.309. The zero-order valence-corrected chi connectivity index (χ0v) is 10.5. The molecular formula is C12H15F3O4. The summed E-state index contributed by atoms with van der Waals surface area (Å²) in [4.78, 5) is 0. The normalized spacial score (nSPS) is 13.2. The van der Waals surface area contributed by atoms with Gasteiger partial charge in [0, 0.05) is 5.56 Å². The number of hydrogen-bond acceptors (Lipinski definition) is 4. The summed E-state index contributed by atoms with van der Waals surface area (Å²) in [6.07, 6.45) is -5.65. The number of alkyl halides is 3. The molecule has 0 fully saturated rings. The lowest BCUT2D eigenvalue weighted by Crippen LogP contribution is -2.19. The number of methoxy groups -OCH3 is 2. The molecule has 0 bridgehead atoms. The van der Waals surface area contributed by atoms with Crippen molar-refractivity contribution in [3.05, 3.63) is 23.8 Å². The Bertz CT molecular complexity index is 406. The van der Waals surface area contributed by atoms with E-state index in [0.717, 1.165) is 0 Å². The van der Waals surface area contributed by atoms with Gasteiger partial charge in [0.2, 0.25) is 0 Å². The third-order valence-electron chi connectivity index (χ3n) is 2.34. The van der Waals surface area contributed by atoms with Crippen molar-refractivity contribution in [2.75, 3.05) is 27.4 Å². The Kier molecular flexibility index (Phi) is 5.44. The zero-order valence-electron chi connectivity index (χ0n) is 10.5. The van der Waals surface area contributed by atoms with E-state index in [1.807, 2.05) is 0 Å². The Morgan fingerprint density at radius 3 is 2.42 bits per heavy atom. The van der Waals surface area contributed by atoms with E-state index in [-0.39, 0.29) is 0 Å². The second-order valence-corrected chi connectivity index (χ2v) is 3.75. The summed E-state index contributed by atoms with van der Waals surface area (Å²) in [7, 11) is 2.84. The molecular weight excluding hydrogens is 265 g/mol. The lowest BCUT2D eigenvalue weighted by Gasteiger charge is -2.16. The number of rotatable bonds is 6. The first-order valence-corrected chi connectivity index (χ1v) is 5.42. The van der Waals surface area contributed by atoms with Crippen LogP contribution in [-0.2, 0) is 4.74 Å². The van der Waals surface area contributed by atoms with Crippen molar-refractivity contribution in [1.29, 1.82) is 0 Å². The highest BCUT2D eigenvalue weighted by molar-refractivity contribution is 5.41. The minimum atomic E-state index is -4.42. The zero-order chi connectivity index (χ0) is 14.5. The number of hydrogen-bond donors (Lipinski definition) is 1.